The van der Waals surface area contributed by atoms with Crippen LogP contribution in [-0.4, -0.2) is 31.8 Å². The summed E-state index contributed by atoms with van der Waals surface area (Å²) in [5, 5.41) is 14.7. The number of ether oxygens (including phenoxy) is 2. The van der Waals surface area contributed by atoms with Crippen LogP contribution in [0.5, 0.6) is 23.1 Å². The van der Waals surface area contributed by atoms with Gasteiger partial charge in [0.1, 0.15) is 23.6 Å². The molecule has 162 valence electrons. The normalized spacial score (nSPS) is 14.4. The number of methoxy groups -OCH3 is 1. The minimum Gasteiger partial charge on any atom is -0.508 e. The van der Waals surface area contributed by atoms with Crippen molar-refractivity contribution in [2.75, 3.05) is 7.11 Å². The summed E-state index contributed by atoms with van der Waals surface area (Å²) in [6, 6.07) is 21.2. The third-order valence-electron chi connectivity index (χ3n) is 5.92. The molecule has 0 amide bonds. The van der Waals surface area contributed by atoms with Crippen LogP contribution in [0.4, 0.5) is 0 Å². The van der Waals surface area contributed by atoms with Crippen LogP contribution in [0, 0.1) is 6.92 Å². The molecule has 1 unspecified atom stereocenters. The summed E-state index contributed by atoms with van der Waals surface area (Å²) in [6.45, 7) is 2.04. The molecule has 3 aromatic carbocycles. The number of nitrogens with zero attached hydrogens (tertiary/aromatic N) is 4. The Balaban J connectivity index is 1.59. The summed E-state index contributed by atoms with van der Waals surface area (Å²) in [5.41, 5.74) is 5.53. The van der Waals surface area contributed by atoms with Crippen LogP contribution in [0.2, 0.25) is 0 Å². The summed E-state index contributed by atoms with van der Waals surface area (Å²) >= 11 is 0. The maximum atomic E-state index is 10.0. The number of benzene rings is 3. The molecule has 1 aliphatic rings. The highest BCUT2D eigenvalue weighted by Gasteiger charge is 2.33. The van der Waals surface area contributed by atoms with Crippen molar-refractivity contribution < 1.29 is 14.6 Å². The van der Waals surface area contributed by atoms with Gasteiger partial charge in [-0.05, 0) is 36.8 Å². The molecule has 0 fully saturated rings. The van der Waals surface area contributed by atoms with Gasteiger partial charge in [-0.3, -0.25) is 0 Å². The van der Waals surface area contributed by atoms with E-state index in [9.17, 15) is 5.11 Å². The second-order valence-corrected chi connectivity index (χ2v) is 8.07. The lowest BCUT2D eigenvalue weighted by molar-refractivity contribution is 0.414. The fraction of sp³-hybridized carbons (Fsp3) is 0.115. The lowest BCUT2D eigenvalue weighted by Crippen LogP contribution is -2.15. The van der Waals surface area contributed by atoms with E-state index in [0.717, 1.165) is 33.6 Å². The number of aromatic hydroxyl groups is 1. The zero-order chi connectivity index (χ0) is 22.5. The third kappa shape index (κ3) is 3.17. The Morgan fingerprint density at radius 2 is 1.88 bits per heavy atom. The predicted molar refractivity (Wildman–Crippen MR) is 123 cm³/mol. The number of aromatic nitrogens is 4. The molecule has 7 nitrogen and oxygen atoms in total. The monoisotopic (exact) mass is 436 g/mol. The highest BCUT2D eigenvalue weighted by atomic mass is 16.5. The lowest BCUT2D eigenvalue weighted by atomic mass is 9.84. The van der Waals surface area contributed by atoms with Crippen LogP contribution in [0.15, 0.2) is 73.1 Å². The van der Waals surface area contributed by atoms with Gasteiger partial charge in [-0.25, -0.2) is 14.5 Å². The van der Waals surface area contributed by atoms with Crippen LogP contribution in [-0.2, 0) is 0 Å². The van der Waals surface area contributed by atoms with Gasteiger partial charge in [0.15, 0.2) is 11.5 Å². The van der Waals surface area contributed by atoms with Crippen LogP contribution < -0.4 is 9.47 Å². The molecule has 1 N–H and O–H groups in total. The average molecular weight is 436 g/mol. The first-order chi connectivity index (χ1) is 16.1. The molecule has 7 heteroatoms. The number of hydrogen-bond donors (Lipinski definition) is 1. The maximum Gasteiger partial charge on any atom is 0.228 e. The van der Waals surface area contributed by atoms with Gasteiger partial charge in [0.25, 0.3) is 0 Å². The molecule has 0 spiro atoms. The Hall–Kier alpha value is -4.39. The van der Waals surface area contributed by atoms with Crippen molar-refractivity contribution >= 4 is 5.65 Å². The molecule has 1 atom stereocenters. The smallest absolute Gasteiger partial charge is 0.228 e. The summed E-state index contributed by atoms with van der Waals surface area (Å²) < 4.78 is 13.2. The van der Waals surface area contributed by atoms with Crippen molar-refractivity contribution in [2.24, 2.45) is 0 Å². The number of aryl methyl sites for hydroxylation is 1. The van der Waals surface area contributed by atoms with Gasteiger partial charge in [0, 0.05) is 23.1 Å². The van der Waals surface area contributed by atoms with E-state index in [1.54, 1.807) is 30.1 Å². The Morgan fingerprint density at radius 3 is 2.67 bits per heavy atom. The first-order valence-corrected chi connectivity index (χ1v) is 10.6. The first kappa shape index (κ1) is 19.3. The number of phenolic OH excluding ortho intramolecular Hbond substituents is 1. The predicted octanol–water partition coefficient (Wildman–Crippen LogP) is 5.10. The molecule has 33 heavy (non-hydrogen) atoms. The lowest BCUT2D eigenvalue weighted by Gasteiger charge is -2.28. The maximum absolute atomic E-state index is 10.0. The van der Waals surface area contributed by atoms with Gasteiger partial charge in [-0.15, -0.1) is 5.10 Å². The van der Waals surface area contributed by atoms with Gasteiger partial charge >= 0.3 is 0 Å². The molecule has 0 aliphatic carbocycles. The van der Waals surface area contributed by atoms with Crippen LogP contribution in [0.1, 0.15) is 28.2 Å². The first-order valence-electron chi connectivity index (χ1n) is 10.6. The summed E-state index contributed by atoms with van der Waals surface area (Å²) in [4.78, 5) is 9.44. The highest BCUT2D eigenvalue weighted by molar-refractivity contribution is 5.69. The van der Waals surface area contributed by atoms with Crippen molar-refractivity contribution in [2.45, 2.75) is 12.8 Å². The Bertz CT molecular complexity index is 1510. The number of hydrogen-bond acceptors (Lipinski definition) is 6. The Kier molecular flexibility index (Phi) is 4.29. The fourth-order valence-corrected chi connectivity index (χ4v) is 4.35. The van der Waals surface area contributed by atoms with Crippen LogP contribution in [0.25, 0.3) is 17.0 Å². The average Bonchev–Trinajstić information content (AvgIpc) is 3.27. The third-order valence-corrected chi connectivity index (χ3v) is 5.92. The van der Waals surface area contributed by atoms with Gasteiger partial charge in [-0.1, -0.05) is 42.0 Å². The quantitative estimate of drug-likeness (QED) is 0.416. The van der Waals surface area contributed by atoms with E-state index in [0.29, 0.717) is 23.1 Å². The van der Waals surface area contributed by atoms with E-state index in [2.05, 4.69) is 16.1 Å². The molecule has 0 saturated heterocycles. The second kappa shape index (κ2) is 7.34. The van der Waals surface area contributed by atoms with E-state index in [1.165, 1.54) is 0 Å². The Labute approximate surface area is 189 Å². The van der Waals surface area contributed by atoms with Crippen molar-refractivity contribution in [1.82, 2.24) is 19.6 Å². The van der Waals surface area contributed by atoms with Gasteiger partial charge < -0.3 is 14.6 Å². The zero-order valence-electron chi connectivity index (χ0n) is 18.1. The summed E-state index contributed by atoms with van der Waals surface area (Å²) in [7, 11) is 1.65. The molecule has 0 radical (unpaired) electrons. The minimum absolute atomic E-state index is 0.135. The number of phenols is 1. The van der Waals surface area contributed by atoms with Crippen molar-refractivity contribution in [3.63, 3.8) is 0 Å². The summed E-state index contributed by atoms with van der Waals surface area (Å²) in [5.74, 6) is 2.34. The van der Waals surface area contributed by atoms with Crippen molar-refractivity contribution in [1.29, 1.82) is 0 Å². The molecule has 0 bridgehead atoms. The van der Waals surface area contributed by atoms with Gasteiger partial charge in [-0.2, -0.15) is 0 Å². The second-order valence-electron chi connectivity index (χ2n) is 8.07. The van der Waals surface area contributed by atoms with Crippen molar-refractivity contribution in [3.05, 3.63) is 95.3 Å². The standard InChI is InChI=1S/C26H20N4O3/c1-15-4-3-5-17(12-15)24-28-25-23-22(16-6-9-19(32-2)10-7-16)20-11-8-18(31)13-21(20)33-26(23)27-14-30(25)29-24/h3-14,22,31H,1-2H3. The molecule has 6 rings (SSSR count). The highest BCUT2D eigenvalue weighted by Crippen LogP contribution is 2.48. The molecule has 1 aliphatic heterocycles. The Morgan fingerprint density at radius 1 is 1.03 bits per heavy atom. The van der Waals surface area contributed by atoms with E-state index in [4.69, 9.17) is 14.5 Å². The van der Waals surface area contributed by atoms with Gasteiger partial charge in [0.05, 0.1) is 12.7 Å². The number of rotatable bonds is 3. The van der Waals surface area contributed by atoms with Gasteiger partial charge in [0.2, 0.25) is 5.88 Å². The fourth-order valence-electron chi connectivity index (χ4n) is 4.35. The largest absolute Gasteiger partial charge is 0.508 e. The molecule has 0 saturated carbocycles. The SMILES string of the molecule is COc1ccc(C2c3ccc(O)cc3Oc3ncn4nc(-c5cccc(C)c5)nc4c32)cc1. The van der Waals surface area contributed by atoms with E-state index in [-0.39, 0.29) is 11.7 Å². The topological polar surface area (TPSA) is 81.8 Å². The minimum atomic E-state index is -0.207. The molecule has 2 aromatic heterocycles. The van der Waals surface area contributed by atoms with E-state index >= 15 is 0 Å². The molecular formula is C26H20N4O3. The van der Waals surface area contributed by atoms with E-state index in [1.807, 2.05) is 55.5 Å². The van der Waals surface area contributed by atoms with E-state index < -0.39 is 0 Å². The molecule has 5 aromatic rings. The van der Waals surface area contributed by atoms with Crippen LogP contribution in [0.3, 0.4) is 0 Å². The van der Waals surface area contributed by atoms with Crippen LogP contribution >= 0.6 is 0 Å². The molecular weight excluding hydrogens is 416 g/mol. The van der Waals surface area contributed by atoms with Crippen molar-refractivity contribution in [3.8, 4) is 34.5 Å². The summed E-state index contributed by atoms with van der Waals surface area (Å²) in [6.07, 6.45) is 1.61. The zero-order valence-corrected chi connectivity index (χ0v) is 18.1. The molecule has 3 heterocycles. The number of fused-ring (bicyclic) bond motifs is 4.